The van der Waals surface area contributed by atoms with Gasteiger partial charge in [-0.15, -0.1) is 0 Å². The highest BCUT2D eigenvalue weighted by Gasteiger charge is 2.42. The molecule has 1 fully saturated rings. The molecule has 0 saturated carbocycles. The van der Waals surface area contributed by atoms with Crippen molar-refractivity contribution in [2.75, 3.05) is 14.2 Å². The summed E-state index contributed by atoms with van der Waals surface area (Å²) >= 11 is 0. The van der Waals surface area contributed by atoms with Crippen LogP contribution in [-0.2, 0) is 14.2 Å². The molecule has 0 aliphatic carbocycles. The molecule has 5 nitrogen and oxygen atoms in total. The third-order valence-corrected chi connectivity index (χ3v) is 2.40. The van der Waals surface area contributed by atoms with Crippen LogP contribution in [0.2, 0.25) is 0 Å². The van der Waals surface area contributed by atoms with Gasteiger partial charge in [-0.3, -0.25) is 0 Å². The Morgan fingerprint density at radius 3 is 2.23 bits per heavy atom. The molecule has 5 heteroatoms. The Bertz CT molecular complexity index is 150. The molecule has 1 saturated heterocycles. The lowest BCUT2D eigenvalue weighted by atomic mass is 9.98. The Morgan fingerprint density at radius 1 is 1.23 bits per heavy atom. The molecular weight excluding hydrogens is 174 g/mol. The largest absolute Gasteiger partial charge is 0.377 e. The first-order valence-corrected chi connectivity index (χ1v) is 4.26. The fourth-order valence-corrected chi connectivity index (χ4v) is 1.69. The van der Waals surface area contributed by atoms with Crippen molar-refractivity contribution in [2.45, 2.75) is 37.6 Å². The molecule has 0 radical (unpaired) electrons. The molecule has 0 aromatic rings. The van der Waals surface area contributed by atoms with Gasteiger partial charge < -0.3 is 25.1 Å². The van der Waals surface area contributed by atoms with E-state index in [0.29, 0.717) is 0 Å². The maximum absolute atomic E-state index is 9.44. The van der Waals surface area contributed by atoms with Crippen molar-refractivity contribution < 1.29 is 19.3 Å². The second-order valence-corrected chi connectivity index (χ2v) is 3.21. The normalized spacial score (nSPS) is 46.4. The lowest BCUT2D eigenvalue weighted by Crippen LogP contribution is -2.61. The summed E-state index contributed by atoms with van der Waals surface area (Å²) in [6.45, 7) is 1.81. The van der Waals surface area contributed by atoms with Crippen LogP contribution in [0.15, 0.2) is 0 Å². The molecule has 5 atom stereocenters. The van der Waals surface area contributed by atoms with Crippen molar-refractivity contribution in [1.82, 2.24) is 0 Å². The minimum atomic E-state index is -0.971. The van der Waals surface area contributed by atoms with E-state index in [1.807, 2.05) is 6.92 Å². The number of hydrogen-bond acceptors (Lipinski definition) is 5. The Labute approximate surface area is 77.8 Å². The summed E-state index contributed by atoms with van der Waals surface area (Å²) in [5, 5.41) is 9.44. The molecule has 0 unspecified atom stereocenters. The average molecular weight is 191 g/mol. The van der Waals surface area contributed by atoms with Gasteiger partial charge in [-0.1, -0.05) is 0 Å². The highest BCUT2D eigenvalue weighted by molar-refractivity contribution is 4.91. The Balaban J connectivity index is 2.69. The maximum atomic E-state index is 9.44. The number of nitrogens with two attached hydrogens (primary N) is 1. The van der Waals surface area contributed by atoms with Crippen LogP contribution in [0, 0.1) is 0 Å². The molecule has 1 aliphatic rings. The minimum Gasteiger partial charge on any atom is -0.377 e. The molecule has 3 N–H and O–H groups in total. The molecule has 1 heterocycles. The van der Waals surface area contributed by atoms with Crippen LogP contribution in [0.1, 0.15) is 6.92 Å². The molecule has 1 aliphatic heterocycles. The number of ether oxygens (including phenoxy) is 3. The quantitative estimate of drug-likeness (QED) is 0.590. The van der Waals surface area contributed by atoms with Crippen molar-refractivity contribution in [3.05, 3.63) is 0 Å². The fourth-order valence-electron chi connectivity index (χ4n) is 1.69. The van der Waals surface area contributed by atoms with E-state index < -0.39 is 12.4 Å². The van der Waals surface area contributed by atoms with E-state index in [1.165, 1.54) is 7.11 Å². The lowest BCUT2D eigenvalue weighted by Gasteiger charge is -2.40. The first kappa shape index (κ1) is 10.9. The van der Waals surface area contributed by atoms with Crippen LogP contribution in [-0.4, -0.2) is 50.0 Å². The molecule has 0 aromatic carbocycles. The predicted octanol–water partition coefficient (Wildman–Crippen LogP) is -0.919. The standard InChI is InChI=1S/C8H17NO4/c1-4-6(11-2)5(9)7(12-3)8(10)13-4/h4-8,10H,9H2,1-3H3/t4-,5+,6-,7-,8+/m0/s1. The highest BCUT2D eigenvalue weighted by Crippen LogP contribution is 2.21. The first-order chi connectivity index (χ1) is 6.11. The fraction of sp³-hybridized carbons (Fsp3) is 1.00. The van der Waals surface area contributed by atoms with Crippen LogP contribution >= 0.6 is 0 Å². The van der Waals surface area contributed by atoms with Crippen LogP contribution in [0.4, 0.5) is 0 Å². The summed E-state index contributed by atoms with van der Waals surface area (Å²) in [7, 11) is 3.05. The summed E-state index contributed by atoms with van der Waals surface area (Å²) in [6.07, 6.45) is -1.96. The molecule has 13 heavy (non-hydrogen) atoms. The lowest BCUT2D eigenvalue weighted by molar-refractivity contribution is -0.257. The number of rotatable bonds is 2. The topological polar surface area (TPSA) is 73.9 Å². The smallest absolute Gasteiger partial charge is 0.183 e. The number of methoxy groups -OCH3 is 2. The number of aliphatic hydroxyl groups is 1. The Kier molecular flexibility index (Phi) is 3.63. The van der Waals surface area contributed by atoms with Gasteiger partial charge in [0.2, 0.25) is 0 Å². The van der Waals surface area contributed by atoms with Crippen molar-refractivity contribution in [3.63, 3.8) is 0 Å². The van der Waals surface area contributed by atoms with Gasteiger partial charge in [-0.05, 0) is 6.92 Å². The first-order valence-electron chi connectivity index (χ1n) is 4.26. The highest BCUT2D eigenvalue weighted by atomic mass is 16.7. The van der Waals surface area contributed by atoms with E-state index in [0.717, 1.165) is 0 Å². The summed E-state index contributed by atoms with van der Waals surface area (Å²) in [4.78, 5) is 0. The van der Waals surface area contributed by atoms with E-state index >= 15 is 0 Å². The van der Waals surface area contributed by atoms with Crippen LogP contribution < -0.4 is 5.73 Å². The van der Waals surface area contributed by atoms with E-state index in [9.17, 15) is 5.11 Å². The Morgan fingerprint density at radius 2 is 1.77 bits per heavy atom. The van der Waals surface area contributed by atoms with Crippen molar-refractivity contribution >= 4 is 0 Å². The van der Waals surface area contributed by atoms with E-state index in [4.69, 9.17) is 19.9 Å². The zero-order valence-corrected chi connectivity index (χ0v) is 8.14. The summed E-state index contributed by atoms with van der Waals surface area (Å²) in [5.74, 6) is 0. The zero-order chi connectivity index (χ0) is 10.0. The van der Waals surface area contributed by atoms with Gasteiger partial charge >= 0.3 is 0 Å². The number of hydrogen-bond donors (Lipinski definition) is 2. The van der Waals surface area contributed by atoms with Crippen LogP contribution in [0.5, 0.6) is 0 Å². The van der Waals surface area contributed by atoms with Gasteiger partial charge in [-0.25, -0.2) is 0 Å². The van der Waals surface area contributed by atoms with Crippen LogP contribution in [0.25, 0.3) is 0 Å². The molecule has 0 bridgehead atoms. The molecule has 78 valence electrons. The summed E-state index contributed by atoms with van der Waals surface area (Å²) in [5.41, 5.74) is 5.84. The number of aliphatic hydroxyl groups excluding tert-OH is 1. The van der Waals surface area contributed by atoms with Crippen molar-refractivity contribution in [3.8, 4) is 0 Å². The van der Waals surface area contributed by atoms with Gasteiger partial charge in [0.25, 0.3) is 0 Å². The second kappa shape index (κ2) is 4.34. The second-order valence-electron chi connectivity index (χ2n) is 3.21. The van der Waals surface area contributed by atoms with Crippen molar-refractivity contribution in [1.29, 1.82) is 0 Å². The maximum Gasteiger partial charge on any atom is 0.183 e. The SMILES string of the molecule is CO[C@@H]1[C@@H](N)[C@H](OC)[C@H](O)O[C@H]1C. The third-order valence-electron chi connectivity index (χ3n) is 2.40. The summed E-state index contributed by atoms with van der Waals surface area (Å²) < 4.78 is 15.4. The molecule has 0 aromatic heterocycles. The van der Waals surface area contributed by atoms with Crippen LogP contribution in [0.3, 0.4) is 0 Å². The van der Waals surface area contributed by atoms with Crippen molar-refractivity contribution in [2.24, 2.45) is 5.73 Å². The molecule has 1 rings (SSSR count). The monoisotopic (exact) mass is 191 g/mol. The van der Waals surface area contributed by atoms with Gasteiger partial charge in [0.15, 0.2) is 6.29 Å². The zero-order valence-electron chi connectivity index (χ0n) is 8.14. The molecule has 0 spiro atoms. The van der Waals surface area contributed by atoms with E-state index in [1.54, 1.807) is 7.11 Å². The van der Waals surface area contributed by atoms with Gasteiger partial charge in [0.05, 0.1) is 12.1 Å². The minimum absolute atomic E-state index is 0.221. The van der Waals surface area contributed by atoms with Gasteiger partial charge in [0.1, 0.15) is 12.2 Å². The van der Waals surface area contributed by atoms with E-state index in [2.05, 4.69) is 0 Å². The summed E-state index contributed by atoms with van der Waals surface area (Å²) in [6, 6.07) is -0.367. The average Bonchev–Trinajstić information content (AvgIpc) is 2.04. The molecule has 0 amide bonds. The van der Waals surface area contributed by atoms with E-state index in [-0.39, 0.29) is 18.2 Å². The van der Waals surface area contributed by atoms with Gasteiger partial charge in [-0.2, -0.15) is 0 Å². The predicted molar refractivity (Wildman–Crippen MR) is 46.1 cm³/mol. The Hall–Kier alpha value is -0.200. The van der Waals surface area contributed by atoms with Gasteiger partial charge in [0, 0.05) is 14.2 Å². The molecular formula is C8H17NO4. The third kappa shape index (κ3) is 2.00.